The Kier molecular flexibility index (Phi) is 3.43. The van der Waals surface area contributed by atoms with Gasteiger partial charge in [-0.05, 0) is 56.1 Å². The highest BCUT2D eigenvalue weighted by Gasteiger charge is 2.35. The number of hydrogen-bond donors (Lipinski definition) is 1. The number of rotatable bonds is 4. The highest BCUT2D eigenvalue weighted by molar-refractivity contribution is 5.55. The first-order valence-corrected chi connectivity index (χ1v) is 8.50. The molecule has 1 aliphatic heterocycles. The maximum atomic E-state index is 3.69. The van der Waals surface area contributed by atoms with Gasteiger partial charge in [-0.1, -0.05) is 24.6 Å². The zero-order valence-electron chi connectivity index (χ0n) is 12.4. The molecule has 2 unspecified atom stereocenters. The molecule has 3 fully saturated rings. The molecular formula is C18H26N2. The third-order valence-electron chi connectivity index (χ3n) is 5.45. The SMILES string of the molecule is c1ccc(N2CCCC3CCCC32)c(CNC2CC2)c1. The Bertz CT molecular complexity index is 466. The van der Waals surface area contributed by atoms with E-state index < -0.39 is 0 Å². The van der Waals surface area contributed by atoms with Gasteiger partial charge in [0.1, 0.15) is 0 Å². The number of piperidine rings is 1. The minimum Gasteiger partial charge on any atom is -0.368 e. The second kappa shape index (κ2) is 5.40. The number of anilines is 1. The summed E-state index contributed by atoms with van der Waals surface area (Å²) in [6.07, 6.45) is 9.90. The fraction of sp³-hybridized carbons (Fsp3) is 0.667. The summed E-state index contributed by atoms with van der Waals surface area (Å²) >= 11 is 0. The summed E-state index contributed by atoms with van der Waals surface area (Å²) in [6, 6.07) is 10.7. The summed E-state index contributed by atoms with van der Waals surface area (Å²) in [7, 11) is 0. The van der Waals surface area contributed by atoms with Gasteiger partial charge in [-0.15, -0.1) is 0 Å². The summed E-state index contributed by atoms with van der Waals surface area (Å²) in [4.78, 5) is 2.74. The second-order valence-electron chi connectivity index (χ2n) is 6.88. The Morgan fingerprint density at radius 2 is 1.85 bits per heavy atom. The van der Waals surface area contributed by atoms with Crippen molar-refractivity contribution in [1.29, 1.82) is 0 Å². The predicted octanol–water partition coefficient (Wildman–Crippen LogP) is 3.71. The van der Waals surface area contributed by atoms with Crippen LogP contribution in [-0.4, -0.2) is 18.6 Å². The van der Waals surface area contributed by atoms with Crippen molar-refractivity contribution in [2.75, 3.05) is 11.4 Å². The lowest BCUT2D eigenvalue weighted by atomic mass is 9.91. The van der Waals surface area contributed by atoms with E-state index in [1.165, 1.54) is 62.7 Å². The number of fused-ring (bicyclic) bond motifs is 1. The lowest BCUT2D eigenvalue weighted by Gasteiger charge is -2.40. The van der Waals surface area contributed by atoms with Crippen LogP contribution in [0.1, 0.15) is 50.5 Å². The standard InChI is InChI=1S/C18H26N2/c1-2-8-18(15(5-1)13-19-16-10-11-16)20-12-4-7-14-6-3-9-17(14)20/h1-2,5,8,14,16-17,19H,3-4,6-7,9-13H2. The third-order valence-corrected chi connectivity index (χ3v) is 5.45. The van der Waals surface area contributed by atoms with E-state index in [0.29, 0.717) is 0 Å². The Morgan fingerprint density at radius 1 is 1.00 bits per heavy atom. The quantitative estimate of drug-likeness (QED) is 0.897. The highest BCUT2D eigenvalue weighted by atomic mass is 15.2. The van der Waals surface area contributed by atoms with Gasteiger partial charge < -0.3 is 10.2 Å². The van der Waals surface area contributed by atoms with Gasteiger partial charge in [0.2, 0.25) is 0 Å². The Labute approximate surface area is 122 Å². The summed E-state index contributed by atoms with van der Waals surface area (Å²) in [5, 5.41) is 3.69. The van der Waals surface area contributed by atoms with Crippen molar-refractivity contribution in [2.45, 2.75) is 63.6 Å². The van der Waals surface area contributed by atoms with Crippen LogP contribution in [0, 0.1) is 5.92 Å². The molecule has 2 aliphatic carbocycles. The minimum atomic E-state index is 0.795. The van der Waals surface area contributed by atoms with E-state index >= 15 is 0 Å². The predicted molar refractivity (Wildman–Crippen MR) is 84.0 cm³/mol. The first kappa shape index (κ1) is 12.7. The maximum absolute atomic E-state index is 3.69. The number of benzene rings is 1. The van der Waals surface area contributed by atoms with Crippen LogP contribution in [0.25, 0.3) is 0 Å². The minimum absolute atomic E-state index is 0.795. The number of nitrogens with one attached hydrogen (secondary N) is 1. The topological polar surface area (TPSA) is 15.3 Å². The lowest BCUT2D eigenvalue weighted by molar-refractivity contribution is 0.362. The van der Waals surface area contributed by atoms with Crippen LogP contribution in [0.15, 0.2) is 24.3 Å². The van der Waals surface area contributed by atoms with Crippen LogP contribution in [0.2, 0.25) is 0 Å². The summed E-state index contributed by atoms with van der Waals surface area (Å²) in [5.74, 6) is 0.966. The second-order valence-corrected chi connectivity index (χ2v) is 6.88. The maximum Gasteiger partial charge on any atom is 0.0414 e. The molecule has 3 aliphatic rings. The summed E-state index contributed by atoms with van der Waals surface area (Å²) in [5.41, 5.74) is 3.02. The molecule has 4 rings (SSSR count). The van der Waals surface area contributed by atoms with Gasteiger partial charge >= 0.3 is 0 Å². The number of hydrogen-bond acceptors (Lipinski definition) is 2. The van der Waals surface area contributed by atoms with Crippen LogP contribution in [-0.2, 0) is 6.54 Å². The number of para-hydroxylation sites is 1. The third kappa shape index (κ3) is 2.46. The van der Waals surface area contributed by atoms with E-state index in [0.717, 1.165) is 24.5 Å². The number of nitrogens with zero attached hydrogens (tertiary/aromatic N) is 1. The van der Waals surface area contributed by atoms with Crippen molar-refractivity contribution < 1.29 is 0 Å². The molecule has 2 saturated carbocycles. The van der Waals surface area contributed by atoms with E-state index in [1.54, 1.807) is 0 Å². The zero-order valence-corrected chi connectivity index (χ0v) is 12.4. The fourth-order valence-electron chi connectivity index (χ4n) is 4.24. The molecule has 1 aromatic carbocycles. The van der Waals surface area contributed by atoms with E-state index in [2.05, 4.69) is 34.5 Å². The van der Waals surface area contributed by atoms with Crippen LogP contribution >= 0.6 is 0 Å². The monoisotopic (exact) mass is 270 g/mol. The van der Waals surface area contributed by atoms with Crippen molar-refractivity contribution in [1.82, 2.24) is 5.32 Å². The van der Waals surface area contributed by atoms with Gasteiger partial charge in [0.15, 0.2) is 0 Å². The lowest BCUT2D eigenvalue weighted by Crippen LogP contribution is -2.43. The van der Waals surface area contributed by atoms with E-state index in [-0.39, 0.29) is 0 Å². The van der Waals surface area contributed by atoms with E-state index in [1.807, 2.05) is 0 Å². The molecule has 2 nitrogen and oxygen atoms in total. The van der Waals surface area contributed by atoms with E-state index in [9.17, 15) is 0 Å². The molecule has 1 N–H and O–H groups in total. The molecule has 108 valence electrons. The molecule has 1 heterocycles. The molecule has 2 heteroatoms. The van der Waals surface area contributed by atoms with Crippen LogP contribution in [0.5, 0.6) is 0 Å². The molecule has 0 amide bonds. The molecule has 20 heavy (non-hydrogen) atoms. The average molecular weight is 270 g/mol. The van der Waals surface area contributed by atoms with Crippen molar-refractivity contribution in [3.63, 3.8) is 0 Å². The van der Waals surface area contributed by atoms with Gasteiger partial charge in [0.25, 0.3) is 0 Å². The Morgan fingerprint density at radius 3 is 2.75 bits per heavy atom. The molecule has 0 aromatic heterocycles. The van der Waals surface area contributed by atoms with Gasteiger partial charge in [0.05, 0.1) is 0 Å². The molecule has 0 radical (unpaired) electrons. The van der Waals surface area contributed by atoms with Gasteiger partial charge in [-0.2, -0.15) is 0 Å². The highest BCUT2D eigenvalue weighted by Crippen LogP contribution is 2.40. The van der Waals surface area contributed by atoms with Crippen molar-refractivity contribution in [3.05, 3.63) is 29.8 Å². The average Bonchev–Trinajstić information content (AvgIpc) is 3.20. The summed E-state index contributed by atoms with van der Waals surface area (Å²) < 4.78 is 0. The van der Waals surface area contributed by atoms with Gasteiger partial charge in [0, 0.05) is 30.9 Å². The molecule has 2 atom stereocenters. The zero-order chi connectivity index (χ0) is 13.4. The summed E-state index contributed by atoms with van der Waals surface area (Å²) in [6.45, 7) is 2.32. The Balaban J connectivity index is 1.56. The molecule has 1 aromatic rings. The normalized spacial score (nSPS) is 29.5. The van der Waals surface area contributed by atoms with Crippen molar-refractivity contribution in [3.8, 4) is 0 Å². The van der Waals surface area contributed by atoms with Crippen molar-refractivity contribution >= 4 is 5.69 Å². The smallest absolute Gasteiger partial charge is 0.0414 e. The molecule has 1 saturated heterocycles. The molecule has 0 bridgehead atoms. The van der Waals surface area contributed by atoms with Crippen LogP contribution in [0.4, 0.5) is 5.69 Å². The first-order valence-electron chi connectivity index (χ1n) is 8.50. The van der Waals surface area contributed by atoms with Gasteiger partial charge in [-0.25, -0.2) is 0 Å². The van der Waals surface area contributed by atoms with Crippen molar-refractivity contribution in [2.24, 2.45) is 5.92 Å². The largest absolute Gasteiger partial charge is 0.368 e. The van der Waals surface area contributed by atoms with Crippen LogP contribution in [0.3, 0.4) is 0 Å². The van der Waals surface area contributed by atoms with Crippen LogP contribution < -0.4 is 10.2 Å². The molecule has 0 spiro atoms. The van der Waals surface area contributed by atoms with Gasteiger partial charge in [-0.3, -0.25) is 0 Å². The Hall–Kier alpha value is -1.02. The first-order chi connectivity index (χ1) is 9.92. The fourth-order valence-corrected chi connectivity index (χ4v) is 4.24. The molecular weight excluding hydrogens is 244 g/mol. The van der Waals surface area contributed by atoms with E-state index in [4.69, 9.17) is 0 Å².